The Morgan fingerprint density at radius 2 is 1.83 bits per heavy atom. The van der Waals surface area contributed by atoms with E-state index in [4.69, 9.17) is 0 Å². The number of rotatable bonds is 4. The van der Waals surface area contributed by atoms with E-state index in [0.717, 1.165) is 18.0 Å². The first-order chi connectivity index (χ1) is 11.4. The number of hydrogen-bond acceptors (Lipinski definition) is 4. The van der Waals surface area contributed by atoms with E-state index in [2.05, 4.69) is 18.7 Å². The standard InChI is InChI=1S/C19H26N2O2S/c1-12(2)9-21-18(22)16(15-6-5-7-24-15)17(19(21)23)20-10-13(3)8-14(4)11-20/h5-7,12-14H,8-11H2,1-4H3. The summed E-state index contributed by atoms with van der Waals surface area (Å²) in [6.07, 6.45) is 1.18. The minimum Gasteiger partial charge on any atom is -0.366 e. The van der Waals surface area contributed by atoms with E-state index in [-0.39, 0.29) is 17.7 Å². The number of hydrogen-bond donors (Lipinski definition) is 0. The van der Waals surface area contributed by atoms with Crippen molar-refractivity contribution >= 4 is 28.7 Å². The third-order valence-electron chi connectivity index (χ3n) is 4.64. The number of thiophene rings is 1. The lowest BCUT2D eigenvalue weighted by Crippen LogP contribution is -2.42. The lowest BCUT2D eigenvalue weighted by atomic mass is 9.91. The Kier molecular flexibility index (Phi) is 4.81. The fourth-order valence-electron chi connectivity index (χ4n) is 3.88. The van der Waals surface area contributed by atoms with Gasteiger partial charge in [-0.25, -0.2) is 0 Å². The van der Waals surface area contributed by atoms with Gasteiger partial charge in [-0.05, 0) is 35.6 Å². The molecule has 2 unspecified atom stereocenters. The molecule has 0 spiro atoms. The molecule has 2 aliphatic rings. The molecule has 0 aliphatic carbocycles. The highest BCUT2D eigenvalue weighted by Crippen LogP contribution is 2.36. The smallest absolute Gasteiger partial charge is 0.277 e. The predicted octanol–water partition coefficient (Wildman–Crippen LogP) is 3.46. The molecule has 5 heteroatoms. The molecular weight excluding hydrogens is 320 g/mol. The Morgan fingerprint density at radius 1 is 1.17 bits per heavy atom. The molecule has 1 aromatic rings. The van der Waals surface area contributed by atoms with E-state index < -0.39 is 0 Å². The summed E-state index contributed by atoms with van der Waals surface area (Å²) in [6, 6.07) is 3.88. The molecule has 0 N–H and O–H groups in total. The van der Waals surface area contributed by atoms with Crippen LogP contribution in [0.1, 0.15) is 39.0 Å². The predicted molar refractivity (Wildman–Crippen MR) is 97.3 cm³/mol. The highest BCUT2D eigenvalue weighted by molar-refractivity contribution is 7.11. The van der Waals surface area contributed by atoms with Gasteiger partial charge in [-0.3, -0.25) is 14.5 Å². The fraction of sp³-hybridized carbons (Fsp3) is 0.579. The molecule has 4 nitrogen and oxygen atoms in total. The minimum atomic E-state index is -0.128. The Bertz CT molecular complexity index is 653. The average Bonchev–Trinajstić information content (AvgIpc) is 3.08. The molecule has 2 aliphatic heterocycles. The van der Waals surface area contributed by atoms with Crippen molar-refractivity contribution in [1.82, 2.24) is 9.80 Å². The maximum Gasteiger partial charge on any atom is 0.277 e. The zero-order chi connectivity index (χ0) is 17.4. The fourth-order valence-corrected chi connectivity index (χ4v) is 4.64. The summed E-state index contributed by atoms with van der Waals surface area (Å²) < 4.78 is 0. The first kappa shape index (κ1) is 17.2. The van der Waals surface area contributed by atoms with Crippen LogP contribution in [0.15, 0.2) is 23.2 Å². The second kappa shape index (κ2) is 6.71. The van der Waals surface area contributed by atoms with Crippen LogP contribution in [0.25, 0.3) is 5.57 Å². The summed E-state index contributed by atoms with van der Waals surface area (Å²) in [5.74, 6) is 1.09. The van der Waals surface area contributed by atoms with Crippen molar-refractivity contribution in [3.8, 4) is 0 Å². The van der Waals surface area contributed by atoms with Crippen LogP contribution in [-0.4, -0.2) is 41.2 Å². The van der Waals surface area contributed by atoms with Crippen molar-refractivity contribution in [3.05, 3.63) is 28.1 Å². The summed E-state index contributed by atoms with van der Waals surface area (Å²) in [7, 11) is 0. The molecule has 1 fully saturated rings. The van der Waals surface area contributed by atoms with Gasteiger partial charge in [0.2, 0.25) is 0 Å². The Balaban J connectivity index is 2.03. The van der Waals surface area contributed by atoms with Crippen molar-refractivity contribution < 1.29 is 9.59 Å². The molecule has 1 saturated heterocycles. The van der Waals surface area contributed by atoms with Gasteiger partial charge in [0.05, 0.1) is 5.57 Å². The van der Waals surface area contributed by atoms with Crippen molar-refractivity contribution in [3.63, 3.8) is 0 Å². The van der Waals surface area contributed by atoms with Crippen molar-refractivity contribution in [2.45, 2.75) is 34.1 Å². The molecule has 24 heavy (non-hydrogen) atoms. The molecule has 1 aromatic heterocycles. The first-order valence-corrected chi connectivity index (χ1v) is 9.65. The largest absolute Gasteiger partial charge is 0.366 e. The summed E-state index contributed by atoms with van der Waals surface area (Å²) in [5.41, 5.74) is 1.23. The average molecular weight is 346 g/mol. The van der Waals surface area contributed by atoms with Crippen molar-refractivity contribution in [1.29, 1.82) is 0 Å². The van der Waals surface area contributed by atoms with Gasteiger partial charge in [0.25, 0.3) is 11.8 Å². The van der Waals surface area contributed by atoms with Crippen LogP contribution in [0.2, 0.25) is 0 Å². The highest BCUT2D eigenvalue weighted by Gasteiger charge is 2.43. The second-order valence-corrected chi connectivity index (χ2v) is 8.61. The van der Waals surface area contributed by atoms with Crippen molar-refractivity contribution in [2.75, 3.05) is 19.6 Å². The number of nitrogens with zero attached hydrogens (tertiary/aromatic N) is 2. The van der Waals surface area contributed by atoms with E-state index in [1.54, 1.807) is 0 Å². The molecule has 3 rings (SSSR count). The molecule has 0 saturated carbocycles. The van der Waals surface area contributed by atoms with Gasteiger partial charge in [0.15, 0.2) is 0 Å². The van der Waals surface area contributed by atoms with Crippen LogP contribution >= 0.6 is 11.3 Å². The zero-order valence-corrected chi connectivity index (χ0v) is 15.7. The number of amides is 2. The van der Waals surface area contributed by atoms with Crippen LogP contribution in [0.3, 0.4) is 0 Å². The zero-order valence-electron chi connectivity index (χ0n) is 14.9. The van der Waals surface area contributed by atoms with Crippen LogP contribution in [0, 0.1) is 17.8 Å². The van der Waals surface area contributed by atoms with E-state index in [0.29, 0.717) is 29.7 Å². The SMILES string of the molecule is CC(C)CN1C(=O)C(c2cccs2)=C(N2CC(C)CC(C)C2)C1=O. The quantitative estimate of drug-likeness (QED) is 0.784. The third-order valence-corrected chi connectivity index (χ3v) is 5.53. The summed E-state index contributed by atoms with van der Waals surface area (Å²) in [6.45, 7) is 10.7. The van der Waals surface area contributed by atoms with E-state index in [9.17, 15) is 9.59 Å². The number of carbonyl (C=O) groups excluding carboxylic acids is 2. The topological polar surface area (TPSA) is 40.6 Å². The van der Waals surface area contributed by atoms with Crippen molar-refractivity contribution in [2.24, 2.45) is 17.8 Å². The molecule has 0 bridgehead atoms. The van der Waals surface area contributed by atoms with Gasteiger partial charge >= 0.3 is 0 Å². The molecule has 2 atom stereocenters. The van der Waals surface area contributed by atoms with E-state index in [1.807, 2.05) is 31.4 Å². The molecule has 0 aromatic carbocycles. The Morgan fingerprint density at radius 3 is 2.38 bits per heavy atom. The molecular formula is C19H26N2O2S. The number of piperidine rings is 1. The molecule has 2 amide bonds. The van der Waals surface area contributed by atoms with Gasteiger partial charge in [0.1, 0.15) is 5.70 Å². The Hall–Kier alpha value is -1.62. The van der Waals surface area contributed by atoms with Crippen LogP contribution in [0.5, 0.6) is 0 Å². The number of imide groups is 1. The third kappa shape index (κ3) is 3.14. The van der Waals surface area contributed by atoms with Gasteiger partial charge in [-0.1, -0.05) is 33.8 Å². The van der Waals surface area contributed by atoms with Gasteiger partial charge in [-0.15, -0.1) is 11.3 Å². The summed E-state index contributed by atoms with van der Waals surface area (Å²) in [5, 5.41) is 1.96. The number of carbonyl (C=O) groups is 2. The van der Waals surface area contributed by atoms with Gasteiger partial charge in [-0.2, -0.15) is 0 Å². The van der Waals surface area contributed by atoms with E-state index >= 15 is 0 Å². The minimum absolute atomic E-state index is 0.113. The molecule has 130 valence electrons. The van der Waals surface area contributed by atoms with Crippen LogP contribution in [-0.2, 0) is 9.59 Å². The normalized spacial score (nSPS) is 25.4. The summed E-state index contributed by atoms with van der Waals surface area (Å²) in [4.78, 5) is 30.6. The van der Waals surface area contributed by atoms with Gasteiger partial charge < -0.3 is 4.90 Å². The maximum atomic E-state index is 13.1. The molecule has 0 radical (unpaired) electrons. The van der Waals surface area contributed by atoms with Crippen LogP contribution < -0.4 is 0 Å². The lowest BCUT2D eigenvalue weighted by Gasteiger charge is -2.37. The van der Waals surface area contributed by atoms with E-state index in [1.165, 1.54) is 22.7 Å². The highest BCUT2D eigenvalue weighted by atomic mass is 32.1. The first-order valence-electron chi connectivity index (χ1n) is 8.77. The lowest BCUT2D eigenvalue weighted by molar-refractivity contribution is -0.138. The number of likely N-dealkylation sites (tertiary alicyclic amines) is 1. The van der Waals surface area contributed by atoms with Gasteiger partial charge in [0, 0.05) is 24.5 Å². The molecule has 3 heterocycles. The maximum absolute atomic E-state index is 13.1. The Labute approximate surface area is 148 Å². The second-order valence-electron chi connectivity index (χ2n) is 7.67. The monoisotopic (exact) mass is 346 g/mol. The summed E-state index contributed by atoms with van der Waals surface area (Å²) >= 11 is 1.53. The van der Waals surface area contributed by atoms with Crippen LogP contribution in [0.4, 0.5) is 0 Å².